The number of carbonyl (C=O) groups excluding carboxylic acids is 1. The molecular weight excluding hydrogens is 238 g/mol. The fourth-order valence-electron chi connectivity index (χ4n) is 2.56. The van der Waals surface area contributed by atoms with E-state index in [9.17, 15) is 9.59 Å². The summed E-state index contributed by atoms with van der Waals surface area (Å²) >= 11 is 1.89. The minimum atomic E-state index is -0.816. The summed E-state index contributed by atoms with van der Waals surface area (Å²) in [5, 5.41) is 11.9. The Morgan fingerprint density at radius 1 is 1.29 bits per heavy atom. The molecule has 1 aliphatic carbocycles. The molecule has 0 bridgehead atoms. The van der Waals surface area contributed by atoms with Gasteiger partial charge in [0.1, 0.15) is 0 Å². The minimum absolute atomic E-state index is 0.0697. The Morgan fingerprint density at radius 2 is 1.94 bits per heavy atom. The van der Waals surface area contributed by atoms with E-state index in [2.05, 4.69) is 5.32 Å². The van der Waals surface area contributed by atoms with Crippen LogP contribution in [0.5, 0.6) is 0 Å². The van der Waals surface area contributed by atoms with Gasteiger partial charge in [-0.05, 0) is 43.6 Å². The quantitative estimate of drug-likeness (QED) is 0.803. The summed E-state index contributed by atoms with van der Waals surface area (Å²) in [6, 6.07) is 0. The Kier molecular flexibility index (Phi) is 3.97. The fourth-order valence-corrected chi connectivity index (χ4v) is 3.67. The maximum absolute atomic E-state index is 12.1. The van der Waals surface area contributed by atoms with E-state index in [1.165, 1.54) is 0 Å². The van der Waals surface area contributed by atoms with Gasteiger partial charge in [-0.25, -0.2) is 0 Å². The molecule has 4 nitrogen and oxygen atoms in total. The smallest absolute Gasteiger partial charge is 0.305 e. The van der Waals surface area contributed by atoms with Gasteiger partial charge in [0.2, 0.25) is 5.91 Å². The summed E-state index contributed by atoms with van der Waals surface area (Å²) in [7, 11) is 0. The Morgan fingerprint density at radius 3 is 2.41 bits per heavy atom. The van der Waals surface area contributed by atoms with Crippen molar-refractivity contribution < 1.29 is 14.7 Å². The van der Waals surface area contributed by atoms with E-state index in [1.807, 2.05) is 11.8 Å². The van der Waals surface area contributed by atoms with Crippen LogP contribution in [0.1, 0.15) is 38.5 Å². The molecule has 0 spiro atoms. The van der Waals surface area contributed by atoms with E-state index in [-0.39, 0.29) is 18.2 Å². The maximum atomic E-state index is 12.1. The molecule has 1 amide bonds. The van der Waals surface area contributed by atoms with Crippen LogP contribution in [0.15, 0.2) is 0 Å². The van der Waals surface area contributed by atoms with Crippen molar-refractivity contribution in [1.82, 2.24) is 5.32 Å². The van der Waals surface area contributed by atoms with Crippen LogP contribution < -0.4 is 5.32 Å². The number of thioether (sulfide) groups is 1. The van der Waals surface area contributed by atoms with Crippen molar-refractivity contribution in [3.05, 3.63) is 0 Å². The summed E-state index contributed by atoms with van der Waals surface area (Å²) in [6.07, 6.45) is 4.58. The minimum Gasteiger partial charge on any atom is -0.481 e. The highest BCUT2D eigenvalue weighted by Gasteiger charge is 2.41. The van der Waals surface area contributed by atoms with Gasteiger partial charge in [-0.2, -0.15) is 11.8 Å². The van der Waals surface area contributed by atoms with Crippen LogP contribution >= 0.6 is 11.8 Å². The van der Waals surface area contributed by atoms with Crippen molar-refractivity contribution in [2.24, 2.45) is 5.92 Å². The lowest BCUT2D eigenvalue weighted by molar-refractivity contribution is -0.140. The van der Waals surface area contributed by atoms with Crippen molar-refractivity contribution in [2.45, 2.75) is 44.1 Å². The lowest BCUT2D eigenvalue weighted by Crippen LogP contribution is -2.56. The summed E-state index contributed by atoms with van der Waals surface area (Å²) < 4.78 is 0. The number of carbonyl (C=O) groups is 2. The van der Waals surface area contributed by atoms with Crippen LogP contribution in [-0.2, 0) is 9.59 Å². The third-order valence-corrected chi connectivity index (χ3v) is 4.83. The molecule has 0 aromatic rings. The third kappa shape index (κ3) is 3.15. The number of nitrogens with one attached hydrogen (secondary N) is 1. The monoisotopic (exact) mass is 257 g/mol. The van der Waals surface area contributed by atoms with Crippen molar-refractivity contribution >= 4 is 23.6 Å². The highest BCUT2D eigenvalue weighted by Crippen LogP contribution is 2.36. The average molecular weight is 257 g/mol. The van der Waals surface area contributed by atoms with Gasteiger partial charge in [0.15, 0.2) is 0 Å². The molecule has 2 rings (SSSR count). The van der Waals surface area contributed by atoms with E-state index in [0.29, 0.717) is 0 Å². The lowest BCUT2D eigenvalue weighted by Gasteiger charge is -2.42. The largest absolute Gasteiger partial charge is 0.481 e. The standard InChI is InChI=1S/C12H19NO3S/c14-10(15)8-12(4-1-5-12)13-11(16)9-2-6-17-7-3-9/h9H,1-8H2,(H,13,16)(H,14,15). The van der Waals surface area contributed by atoms with E-state index in [0.717, 1.165) is 43.6 Å². The highest BCUT2D eigenvalue weighted by molar-refractivity contribution is 7.99. The maximum Gasteiger partial charge on any atom is 0.305 e. The Balaban J connectivity index is 1.89. The van der Waals surface area contributed by atoms with Crippen molar-refractivity contribution in [3.8, 4) is 0 Å². The zero-order valence-corrected chi connectivity index (χ0v) is 10.7. The van der Waals surface area contributed by atoms with Crippen molar-refractivity contribution in [3.63, 3.8) is 0 Å². The van der Waals surface area contributed by atoms with Gasteiger partial charge in [-0.3, -0.25) is 9.59 Å². The molecule has 2 N–H and O–H groups in total. The number of hydrogen-bond donors (Lipinski definition) is 2. The molecule has 96 valence electrons. The van der Waals surface area contributed by atoms with E-state index >= 15 is 0 Å². The Hall–Kier alpha value is -0.710. The molecule has 1 heterocycles. The lowest BCUT2D eigenvalue weighted by atomic mass is 9.74. The number of carboxylic acid groups (broad SMARTS) is 1. The van der Waals surface area contributed by atoms with Gasteiger partial charge in [0.25, 0.3) is 0 Å². The number of rotatable bonds is 4. The summed E-state index contributed by atoms with van der Waals surface area (Å²) in [4.78, 5) is 22.9. The van der Waals surface area contributed by atoms with Crippen molar-refractivity contribution in [2.75, 3.05) is 11.5 Å². The third-order valence-electron chi connectivity index (χ3n) is 3.78. The molecule has 2 aliphatic rings. The van der Waals surface area contributed by atoms with Crippen LogP contribution in [0.4, 0.5) is 0 Å². The summed E-state index contributed by atoms with van der Waals surface area (Å²) in [5.74, 6) is 1.45. The first-order valence-corrected chi connectivity index (χ1v) is 7.38. The topological polar surface area (TPSA) is 66.4 Å². The van der Waals surface area contributed by atoms with Crippen molar-refractivity contribution in [1.29, 1.82) is 0 Å². The number of amides is 1. The Labute approximate surface area is 106 Å². The highest BCUT2D eigenvalue weighted by atomic mass is 32.2. The SMILES string of the molecule is O=C(O)CC1(NC(=O)C2CCSCC2)CCC1. The van der Waals surface area contributed by atoms with Gasteiger partial charge >= 0.3 is 5.97 Å². The second-order valence-electron chi connectivity index (χ2n) is 5.08. The first-order valence-electron chi connectivity index (χ1n) is 6.23. The van der Waals surface area contributed by atoms with E-state index < -0.39 is 11.5 Å². The normalized spacial score (nSPS) is 23.8. The van der Waals surface area contributed by atoms with Crippen LogP contribution in [0.3, 0.4) is 0 Å². The Bertz CT molecular complexity index is 309. The van der Waals surface area contributed by atoms with Gasteiger partial charge in [-0.1, -0.05) is 0 Å². The summed E-state index contributed by atoms with van der Waals surface area (Å²) in [5.41, 5.74) is -0.437. The first-order chi connectivity index (χ1) is 8.11. The van der Waals surface area contributed by atoms with E-state index in [4.69, 9.17) is 5.11 Å². The molecule has 0 radical (unpaired) electrons. The number of aliphatic carboxylic acids is 1. The molecule has 1 saturated carbocycles. The zero-order valence-electron chi connectivity index (χ0n) is 9.91. The predicted octanol–water partition coefficient (Wildman–Crippen LogP) is 1.64. The summed E-state index contributed by atoms with van der Waals surface area (Å²) in [6.45, 7) is 0. The molecule has 0 aromatic carbocycles. The van der Waals surface area contributed by atoms with Gasteiger partial charge in [0.05, 0.1) is 12.0 Å². The first kappa shape index (κ1) is 12.7. The molecule has 1 saturated heterocycles. The van der Waals surface area contributed by atoms with Crippen LogP contribution in [-0.4, -0.2) is 34.0 Å². The molecule has 0 aromatic heterocycles. The predicted molar refractivity (Wildman–Crippen MR) is 67.0 cm³/mol. The number of carboxylic acids is 1. The second-order valence-corrected chi connectivity index (χ2v) is 6.31. The van der Waals surface area contributed by atoms with Crippen LogP contribution in [0.25, 0.3) is 0 Å². The van der Waals surface area contributed by atoms with Crippen LogP contribution in [0.2, 0.25) is 0 Å². The number of hydrogen-bond acceptors (Lipinski definition) is 3. The molecule has 2 fully saturated rings. The molecular formula is C12H19NO3S. The molecule has 0 atom stereocenters. The zero-order chi connectivity index (χ0) is 12.3. The fraction of sp³-hybridized carbons (Fsp3) is 0.833. The van der Waals surface area contributed by atoms with Gasteiger partial charge in [-0.15, -0.1) is 0 Å². The molecule has 17 heavy (non-hydrogen) atoms. The second kappa shape index (κ2) is 5.29. The van der Waals surface area contributed by atoms with Gasteiger partial charge in [0, 0.05) is 5.92 Å². The van der Waals surface area contributed by atoms with Crippen LogP contribution in [0, 0.1) is 5.92 Å². The molecule has 0 unspecified atom stereocenters. The molecule has 5 heteroatoms. The average Bonchev–Trinajstić information content (AvgIpc) is 2.26. The van der Waals surface area contributed by atoms with E-state index in [1.54, 1.807) is 0 Å². The molecule has 1 aliphatic heterocycles. The van der Waals surface area contributed by atoms with Gasteiger partial charge < -0.3 is 10.4 Å².